The maximum atomic E-state index is 11.6. The molecule has 0 bridgehead atoms. The van der Waals surface area contributed by atoms with Crippen LogP contribution in [0.2, 0.25) is 5.02 Å². The summed E-state index contributed by atoms with van der Waals surface area (Å²) in [6.45, 7) is 1.82. The third kappa shape index (κ3) is 1.85. The Hall–Kier alpha value is -2.34. The molecule has 0 radical (unpaired) electrons. The number of ether oxygens (including phenoxy) is 1. The molecule has 0 aliphatic carbocycles. The van der Waals surface area contributed by atoms with Crippen molar-refractivity contribution in [2.45, 2.75) is 6.92 Å². The second kappa shape index (κ2) is 4.64. The Labute approximate surface area is 118 Å². The second-order valence-corrected chi connectivity index (χ2v) is 4.58. The summed E-state index contributed by atoms with van der Waals surface area (Å²) in [5.41, 5.74) is 1.58. The predicted molar refractivity (Wildman–Crippen MR) is 71.8 cm³/mol. The highest BCUT2D eigenvalue weighted by atomic mass is 35.5. The Balaban J connectivity index is 2.28. The van der Waals surface area contributed by atoms with Gasteiger partial charge in [0, 0.05) is 6.20 Å². The number of nitrogens with zero attached hydrogens (tertiary/aromatic N) is 3. The molecule has 7 heteroatoms. The van der Waals surface area contributed by atoms with E-state index in [2.05, 4.69) is 10.2 Å². The third-order valence-corrected chi connectivity index (χ3v) is 3.26. The van der Waals surface area contributed by atoms with E-state index in [1.54, 1.807) is 22.9 Å². The summed E-state index contributed by atoms with van der Waals surface area (Å²) >= 11 is 6.12. The van der Waals surface area contributed by atoms with E-state index in [9.17, 15) is 4.79 Å². The van der Waals surface area contributed by atoms with E-state index in [1.165, 1.54) is 13.2 Å². The van der Waals surface area contributed by atoms with Crippen LogP contribution in [0, 0.1) is 6.92 Å². The van der Waals surface area contributed by atoms with Crippen molar-refractivity contribution in [1.29, 1.82) is 0 Å². The lowest BCUT2D eigenvalue weighted by Gasteiger charge is -2.03. The highest BCUT2D eigenvalue weighted by molar-refractivity contribution is 6.33. The minimum absolute atomic E-state index is 0.326. The first kappa shape index (κ1) is 12.7. The van der Waals surface area contributed by atoms with Crippen molar-refractivity contribution in [1.82, 2.24) is 14.6 Å². The molecule has 102 valence electrons. The minimum Gasteiger partial charge on any atom is -0.469 e. The van der Waals surface area contributed by atoms with E-state index in [4.69, 9.17) is 20.8 Å². The van der Waals surface area contributed by atoms with Gasteiger partial charge in [-0.3, -0.25) is 4.40 Å². The van der Waals surface area contributed by atoms with Crippen LogP contribution in [0.3, 0.4) is 0 Å². The molecule has 0 N–H and O–H groups in total. The molecule has 3 rings (SSSR count). The van der Waals surface area contributed by atoms with E-state index in [0.29, 0.717) is 27.8 Å². The molecule has 0 saturated heterocycles. The minimum atomic E-state index is -0.475. The summed E-state index contributed by atoms with van der Waals surface area (Å²) < 4.78 is 11.6. The molecule has 0 aliphatic heterocycles. The molecule has 0 unspecified atom stereocenters. The van der Waals surface area contributed by atoms with Gasteiger partial charge in [0.15, 0.2) is 11.5 Å². The van der Waals surface area contributed by atoms with Crippen LogP contribution in [0.25, 0.3) is 17.0 Å². The topological polar surface area (TPSA) is 69.6 Å². The van der Waals surface area contributed by atoms with Gasteiger partial charge < -0.3 is 9.15 Å². The molecule has 0 aromatic carbocycles. The molecule has 6 nitrogen and oxygen atoms in total. The maximum Gasteiger partial charge on any atom is 0.339 e. The highest BCUT2D eigenvalue weighted by Gasteiger charge is 2.17. The van der Waals surface area contributed by atoms with Gasteiger partial charge in [-0.25, -0.2) is 4.79 Å². The zero-order valence-corrected chi connectivity index (χ0v) is 11.5. The number of carbonyl (C=O) groups excluding carboxylic acids is 1. The number of hydrogen-bond acceptors (Lipinski definition) is 5. The lowest BCUT2D eigenvalue weighted by atomic mass is 10.2. The SMILES string of the molecule is COC(=O)c1cc(Cl)c2nnc(-c3ccoc3C)n2c1. The summed E-state index contributed by atoms with van der Waals surface area (Å²) in [4.78, 5) is 11.6. The van der Waals surface area contributed by atoms with Crippen LogP contribution in [-0.2, 0) is 4.74 Å². The van der Waals surface area contributed by atoms with Crippen LogP contribution in [-0.4, -0.2) is 27.7 Å². The van der Waals surface area contributed by atoms with Crippen molar-refractivity contribution in [3.8, 4) is 11.4 Å². The molecule has 3 heterocycles. The Kier molecular flexibility index (Phi) is 2.94. The van der Waals surface area contributed by atoms with E-state index < -0.39 is 5.97 Å². The number of rotatable bonds is 2. The van der Waals surface area contributed by atoms with Crippen molar-refractivity contribution in [2.24, 2.45) is 0 Å². The Morgan fingerprint density at radius 1 is 1.45 bits per heavy atom. The van der Waals surface area contributed by atoms with Gasteiger partial charge in [0.25, 0.3) is 0 Å². The number of aromatic nitrogens is 3. The van der Waals surface area contributed by atoms with Crippen LogP contribution in [0.5, 0.6) is 0 Å². The van der Waals surface area contributed by atoms with E-state index in [1.807, 2.05) is 6.92 Å². The summed E-state index contributed by atoms with van der Waals surface area (Å²) in [5, 5.41) is 8.46. The van der Waals surface area contributed by atoms with Gasteiger partial charge in [-0.2, -0.15) is 0 Å². The van der Waals surface area contributed by atoms with Gasteiger partial charge in [-0.1, -0.05) is 11.6 Å². The van der Waals surface area contributed by atoms with Crippen molar-refractivity contribution in [2.75, 3.05) is 7.11 Å². The number of carbonyl (C=O) groups is 1. The number of aryl methyl sites for hydroxylation is 1. The van der Waals surface area contributed by atoms with Crippen LogP contribution < -0.4 is 0 Å². The van der Waals surface area contributed by atoms with Crippen molar-refractivity contribution < 1.29 is 13.9 Å². The molecule has 0 aliphatic rings. The third-order valence-electron chi connectivity index (χ3n) is 2.98. The van der Waals surface area contributed by atoms with Crippen LogP contribution in [0.4, 0.5) is 0 Å². The van der Waals surface area contributed by atoms with E-state index >= 15 is 0 Å². The van der Waals surface area contributed by atoms with Gasteiger partial charge in [-0.15, -0.1) is 10.2 Å². The van der Waals surface area contributed by atoms with Gasteiger partial charge in [0.05, 0.1) is 29.5 Å². The first-order valence-corrected chi connectivity index (χ1v) is 6.16. The molecule has 0 spiro atoms. The monoisotopic (exact) mass is 291 g/mol. The Bertz CT molecular complexity index is 806. The fourth-order valence-corrected chi connectivity index (χ4v) is 2.23. The Morgan fingerprint density at radius 2 is 2.25 bits per heavy atom. The van der Waals surface area contributed by atoms with Crippen molar-refractivity contribution >= 4 is 23.2 Å². The van der Waals surface area contributed by atoms with Crippen molar-refractivity contribution in [3.63, 3.8) is 0 Å². The summed E-state index contributed by atoms with van der Waals surface area (Å²) in [5.74, 6) is 0.787. The zero-order valence-electron chi connectivity index (χ0n) is 10.8. The van der Waals surface area contributed by atoms with Crippen LogP contribution in [0.15, 0.2) is 29.0 Å². The van der Waals surface area contributed by atoms with Crippen molar-refractivity contribution in [3.05, 3.63) is 40.9 Å². The lowest BCUT2D eigenvalue weighted by Crippen LogP contribution is -2.03. The largest absolute Gasteiger partial charge is 0.469 e. The molecule has 0 amide bonds. The van der Waals surface area contributed by atoms with E-state index in [-0.39, 0.29) is 0 Å². The normalized spacial score (nSPS) is 10.9. The van der Waals surface area contributed by atoms with Gasteiger partial charge in [-0.05, 0) is 19.1 Å². The molecule has 0 atom stereocenters. The summed E-state index contributed by atoms with van der Waals surface area (Å²) in [6.07, 6.45) is 3.16. The zero-order chi connectivity index (χ0) is 14.3. The second-order valence-electron chi connectivity index (χ2n) is 4.18. The standard InChI is InChI=1S/C13H10ClN3O3/c1-7-9(3-4-20-7)11-15-16-12-10(14)5-8(6-17(11)12)13(18)19-2/h3-6H,1-2H3. The van der Waals surface area contributed by atoms with Gasteiger partial charge in [0.2, 0.25) is 0 Å². The van der Waals surface area contributed by atoms with Gasteiger partial charge >= 0.3 is 5.97 Å². The number of methoxy groups -OCH3 is 1. The van der Waals surface area contributed by atoms with E-state index in [0.717, 1.165) is 5.56 Å². The number of furan rings is 1. The average molecular weight is 292 g/mol. The molecule has 0 saturated carbocycles. The number of fused-ring (bicyclic) bond motifs is 1. The molecule has 3 aromatic heterocycles. The van der Waals surface area contributed by atoms with Gasteiger partial charge in [0.1, 0.15) is 5.76 Å². The molecule has 3 aromatic rings. The predicted octanol–water partition coefficient (Wildman–Crippen LogP) is 2.74. The first-order valence-electron chi connectivity index (χ1n) is 5.79. The average Bonchev–Trinajstić information content (AvgIpc) is 3.03. The van der Waals surface area contributed by atoms with Crippen LogP contribution in [0.1, 0.15) is 16.1 Å². The molecule has 0 fully saturated rings. The summed E-state index contributed by atoms with van der Waals surface area (Å²) in [7, 11) is 1.31. The maximum absolute atomic E-state index is 11.6. The molecular formula is C13H10ClN3O3. The molecule has 20 heavy (non-hydrogen) atoms. The quantitative estimate of drug-likeness (QED) is 0.679. The smallest absolute Gasteiger partial charge is 0.339 e. The Morgan fingerprint density at radius 3 is 2.90 bits per heavy atom. The lowest BCUT2D eigenvalue weighted by molar-refractivity contribution is 0.0600. The number of pyridine rings is 1. The van der Waals surface area contributed by atoms with Crippen LogP contribution >= 0.6 is 11.6 Å². The summed E-state index contributed by atoms with van der Waals surface area (Å²) in [6, 6.07) is 3.29. The highest BCUT2D eigenvalue weighted by Crippen LogP contribution is 2.26. The molecular weight excluding hydrogens is 282 g/mol. The number of esters is 1. The fraction of sp³-hybridized carbons (Fsp3) is 0.154. The first-order chi connectivity index (χ1) is 9.61. The number of hydrogen-bond donors (Lipinski definition) is 0. The fourth-order valence-electron chi connectivity index (χ4n) is 1.98. The number of halogens is 1.